The molecule has 0 radical (unpaired) electrons. The molecule has 0 aliphatic carbocycles. The van der Waals surface area contributed by atoms with Crippen LogP contribution in [0, 0.1) is 6.92 Å². The van der Waals surface area contributed by atoms with E-state index in [1.807, 2.05) is 19.2 Å². The molecule has 2 amide bonds. The normalized spacial score (nSPS) is 15.5. The Hall–Kier alpha value is -1.59. The van der Waals surface area contributed by atoms with Gasteiger partial charge in [-0.2, -0.15) is 0 Å². The number of urea groups is 1. The summed E-state index contributed by atoms with van der Waals surface area (Å²) in [7, 11) is 1.84. The summed E-state index contributed by atoms with van der Waals surface area (Å²) in [6.45, 7) is 8.10. The highest BCUT2D eigenvalue weighted by Crippen LogP contribution is 2.09. The van der Waals surface area contributed by atoms with Crippen LogP contribution in [0.15, 0.2) is 24.3 Å². The maximum absolute atomic E-state index is 12.1. The van der Waals surface area contributed by atoms with Crippen molar-refractivity contribution in [2.24, 2.45) is 0 Å². The number of aryl methyl sites for hydroxylation is 1. The Balaban J connectivity index is 1.65. The van der Waals surface area contributed by atoms with Gasteiger partial charge in [-0.05, 0) is 31.0 Å². The van der Waals surface area contributed by atoms with E-state index in [1.54, 1.807) is 4.90 Å². The Bertz CT molecular complexity index is 473. The highest BCUT2D eigenvalue weighted by atomic mass is 16.5. The lowest BCUT2D eigenvalue weighted by Gasteiger charge is -2.26. The molecule has 1 aromatic carbocycles. The molecule has 2 rings (SSSR count). The van der Waals surface area contributed by atoms with Crippen LogP contribution >= 0.6 is 0 Å². The molecule has 1 aromatic rings. The number of nitrogens with one attached hydrogen (secondary N) is 1. The van der Waals surface area contributed by atoms with Gasteiger partial charge in [0.15, 0.2) is 0 Å². The second-order valence-electron chi connectivity index (χ2n) is 5.82. The summed E-state index contributed by atoms with van der Waals surface area (Å²) in [6.07, 6.45) is 0.976. The first-order chi connectivity index (χ1) is 10.7. The quantitative estimate of drug-likeness (QED) is 0.816. The summed E-state index contributed by atoms with van der Waals surface area (Å²) in [5.41, 5.74) is 2.41. The summed E-state index contributed by atoms with van der Waals surface area (Å²) in [5, 5.41) is 2.99. The average molecular weight is 305 g/mol. The molecule has 1 aliphatic rings. The number of amides is 2. The van der Waals surface area contributed by atoms with E-state index in [-0.39, 0.29) is 6.03 Å². The Morgan fingerprint density at radius 3 is 2.77 bits per heavy atom. The number of rotatable bonds is 6. The van der Waals surface area contributed by atoms with Crippen molar-refractivity contribution in [3.63, 3.8) is 0 Å². The first kappa shape index (κ1) is 16.8. The van der Waals surface area contributed by atoms with Crippen LogP contribution in [-0.4, -0.2) is 62.3 Å². The van der Waals surface area contributed by atoms with Crippen LogP contribution in [0.2, 0.25) is 0 Å². The molecule has 5 heteroatoms. The molecular formula is C17H27N3O2. The van der Waals surface area contributed by atoms with Crippen LogP contribution in [0.5, 0.6) is 0 Å². The van der Waals surface area contributed by atoms with Gasteiger partial charge < -0.3 is 15.0 Å². The lowest BCUT2D eigenvalue weighted by atomic mass is 10.1. The molecule has 1 saturated heterocycles. The van der Waals surface area contributed by atoms with Gasteiger partial charge >= 0.3 is 6.03 Å². The number of hydrogen-bond acceptors (Lipinski definition) is 3. The second kappa shape index (κ2) is 8.76. The predicted octanol–water partition coefficient (Wildman–Crippen LogP) is 1.86. The average Bonchev–Trinajstić information content (AvgIpc) is 2.54. The summed E-state index contributed by atoms with van der Waals surface area (Å²) in [6, 6.07) is 8.16. The molecular weight excluding hydrogens is 278 g/mol. The largest absolute Gasteiger partial charge is 0.379 e. The van der Waals surface area contributed by atoms with Crippen molar-refractivity contribution in [1.82, 2.24) is 15.1 Å². The van der Waals surface area contributed by atoms with Crippen LogP contribution in [0.1, 0.15) is 17.5 Å². The molecule has 1 fully saturated rings. The van der Waals surface area contributed by atoms with E-state index in [2.05, 4.69) is 29.3 Å². The lowest BCUT2D eigenvalue weighted by molar-refractivity contribution is 0.0375. The topological polar surface area (TPSA) is 44.8 Å². The summed E-state index contributed by atoms with van der Waals surface area (Å²) in [5.74, 6) is 0. The van der Waals surface area contributed by atoms with Gasteiger partial charge in [0.05, 0.1) is 13.2 Å². The Morgan fingerprint density at radius 1 is 1.32 bits per heavy atom. The van der Waals surface area contributed by atoms with Gasteiger partial charge in [0.25, 0.3) is 0 Å². The molecule has 0 bridgehead atoms. The van der Waals surface area contributed by atoms with E-state index >= 15 is 0 Å². The molecule has 0 unspecified atom stereocenters. The third kappa shape index (κ3) is 5.31. The molecule has 1 N–H and O–H groups in total. The highest BCUT2D eigenvalue weighted by molar-refractivity contribution is 5.73. The third-order valence-corrected chi connectivity index (χ3v) is 4.05. The Labute approximate surface area is 133 Å². The summed E-state index contributed by atoms with van der Waals surface area (Å²) < 4.78 is 5.32. The van der Waals surface area contributed by atoms with Crippen molar-refractivity contribution in [2.45, 2.75) is 19.9 Å². The Kier molecular flexibility index (Phi) is 6.68. The first-order valence-corrected chi connectivity index (χ1v) is 8.00. The predicted molar refractivity (Wildman–Crippen MR) is 87.9 cm³/mol. The number of hydrogen-bond donors (Lipinski definition) is 1. The number of ether oxygens (including phenoxy) is 1. The molecule has 0 spiro atoms. The molecule has 0 aromatic heterocycles. The molecule has 0 atom stereocenters. The van der Waals surface area contributed by atoms with E-state index in [1.165, 1.54) is 11.1 Å². The van der Waals surface area contributed by atoms with Crippen LogP contribution in [0.4, 0.5) is 4.79 Å². The fraction of sp³-hybridized carbons (Fsp3) is 0.588. The maximum atomic E-state index is 12.1. The third-order valence-electron chi connectivity index (χ3n) is 4.05. The molecule has 1 heterocycles. The van der Waals surface area contributed by atoms with Crippen LogP contribution in [0.25, 0.3) is 0 Å². The molecule has 122 valence electrons. The van der Waals surface area contributed by atoms with Crippen LogP contribution in [0.3, 0.4) is 0 Å². The first-order valence-electron chi connectivity index (χ1n) is 8.00. The molecule has 5 nitrogen and oxygen atoms in total. The van der Waals surface area contributed by atoms with E-state index in [0.29, 0.717) is 13.1 Å². The fourth-order valence-corrected chi connectivity index (χ4v) is 2.57. The van der Waals surface area contributed by atoms with E-state index in [0.717, 1.165) is 39.3 Å². The van der Waals surface area contributed by atoms with Crippen LogP contribution < -0.4 is 5.32 Å². The van der Waals surface area contributed by atoms with Crippen molar-refractivity contribution in [3.05, 3.63) is 35.4 Å². The highest BCUT2D eigenvalue weighted by Gasteiger charge is 2.11. The standard InChI is InChI=1S/C17H27N3O2/c1-15-6-3-4-7-16(15)14-19(2)17(21)18-8-5-9-20-10-12-22-13-11-20/h3-4,6-7H,5,8-14H2,1-2H3,(H,18,21). The van der Waals surface area contributed by atoms with Gasteiger partial charge in [0.1, 0.15) is 0 Å². The molecule has 22 heavy (non-hydrogen) atoms. The van der Waals surface area contributed by atoms with Gasteiger partial charge in [-0.25, -0.2) is 4.79 Å². The number of carbonyl (C=O) groups excluding carboxylic acids is 1. The summed E-state index contributed by atoms with van der Waals surface area (Å²) in [4.78, 5) is 16.2. The maximum Gasteiger partial charge on any atom is 0.317 e. The second-order valence-corrected chi connectivity index (χ2v) is 5.82. The van der Waals surface area contributed by atoms with Crippen molar-refractivity contribution < 1.29 is 9.53 Å². The Morgan fingerprint density at radius 2 is 2.05 bits per heavy atom. The van der Waals surface area contributed by atoms with Gasteiger partial charge in [-0.1, -0.05) is 24.3 Å². The van der Waals surface area contributed by atoms with Gasteiger partial charge in [-0.3, -0.25) is 4.90 Å². The van der Waals surface area contributed by atoms with Crippen molar-refractivity contribution in [3.8, 4) is 0 Å². The van der Waals surface area contributed by atoms with Crippen molar-refractivity contribution >= 4 is 6.03 Å². The van der Waals surface area contributed by atoms with E-state index < -0.39 is 0 Å². The minimum absolute atomic E-state index is 0.00905. The van der Waals surface area contributed by atoms with Gasteiger partial charge in [0.2, 0.25) is 0 Å². The number of morpholine rings is 1. The zero-order valence-electron chi connectivity index (χ0n) is 13.7. The minimum atomic E-state index is -0.00905. The van der Waals surface area contributed by atoms with Gasteiger partial charge in [-0.15, -0.1) is 0 Å². The zero-order valence-corrected chi connectivity index (χ0v) is 13.7. The van der Waals surface area contributed by atoms with Crippen molar-refractivity contribution in [2.75, 3.05) is 46.4 Å². The molecule has 0 saturated carbocycles. The SMILES string of the molecule is Cc1ccccc1CN(C)C(=O)NCCCN1CCOCC1. The lowest BCUT2D eigenvalue weighted by Crippen LogP contribution is -2.40. The number of nitrogens with zero attached hydrogens (tertiary/aromatic N) is 2. The zero-order chi connectivity index (χ0) is 15.8. The number of benzene rings is 1. The van der Waals surface area contributed by atoms with E-state index in [4.69, 9.17) is 4.74 Å². The monoisotopic (exact) mass is 305 g/mol. The smallest absolute Gasteiger partial charge is 0.317 e. The fourth-order valence-electron chi connectivity index (χ4n) is 2.57. The van der Waals surface area contributed by atoms with Crippen LogP contribution in [-0.2, 0) is 11.3 Å². The molecule has 1 aliphatic heterocycles. The summed E-state index contributed by atoms with van der Waals surface area (Å²) >= 11 is 0. The number of carbonyl (C=O) groups is 1. The van der Waals surface area contributed by atoms with Gasteiger partial charge in [0, 0.05) is 33.2 Å². The van der Waals surface area contributed by atoms with E-state index in [9.17, 15) is 4.79 Å². The minimum Gasteiger partial charge on any atom is -0.379 e. The van der Waals surface area contributed by atoms with Crippen molar-refractivity contribution in [1.29, 1.82) is 0 Å².